The zero-order valence-corrected chi connectivity index (χ0v) is 17.6. The molecule has 0 heterocycles. The maximum absolute atomic E-state index is 12.1. The lowest BCUT2D eigenvalue weighted by molar-refractivity contribution is 0.147. The van der Waals surface area contributed by atoms with Gasteiger partial charge in [0, 0.05) is 38.2 Å². The van der Waals surface area contributed by atoms with E-state index in [0.717, 1.165) is 36.5 Å². The molecule has 0 aliphatic rings. The van der Waals surface area contributed by atoms with E-state index in [0.29, 0.717) is 37.8 Å². The Morgan fingerprint density at radius 1 is 0.667 bits per heavy atom. The minimum absolute atomic E-state index is 0.322. The number of carbonyl (C=O) groups is 2. The predicted molar refractivity (Wildman–Crippen MR) is 116 cm³/mol. The van der Waals surface area contributed by atoms with Crippen LogP contribution >= 0.6 is 0 Å². The first kappa shape index (κ1) is 23.4. The number of unbranched alkanes of at least 4 members (excludes halogenated alkanes) is 2. The maximum atomic E-state index is 12.1. The molecule has 0 fully saturated rings. The molecule has 8 heteroatoms. The van der Waals surface area contributed by atoms with Gasteiger partial charge < -0.3 is 18.9 Å². The average Bonchev–Trinajstić information content (AvgIpc) is 2.74. The SMILES string of the molecule is COCCCCOC(=O)Nc1cccc2c(NC(=O)OCCCCOC)cccc12. The van der Waals surface area contributed by atoms with Crippen molar-refractivity contribution < 1.29 is 28.5 Å². The van der Waals surface area contributed by atoms with Crippen molar-refractivity contribution in [3.63, 3.8) is 0 Å². The van der Waals surface area contributed by atoms with Crippen LogP contribution in [0.1, 0.15) is 25.7 Å². The quantitative estimate of drug-likeness (QED) is 0.481. The number of methoxy groups -OCH3 is 2. The molecule has 0 radical (unpaired) electrons. The molecule has 2 N–H and O–H groups in total. The summed E-state index contributed by atoms with van der Waals surface area (Å²) in [5.41, 5.74) is 1.21. The van der Waals surface area contributed by atoms with Gasteiger partial charge in [0.25, 0.3) is 0 Å². The topological polar surface area (TPSA) is 95.1 Å². The summed E-state index contributed by atoms with van der Waals surface area (Å²) in [5.74, 6) is 0. The minimum Gasteiger partial charge on any atom is -0.449 e. The van der Waals surface area contributed by atoms with Gasteiger partial charge in [-0.1, -0.05) is 24.3 Å². The molecule has 0 aromatic heterocycles. The molecule has 0 atom stereocenters. The third-order valence-corrected chi connectivity index (χ3v) is 4.35. The second-order valence-corrected chi connectivity index (χ2v) is 6.63. The summed E-state index contributed by atoms with van der Waals surface area (Å²) >= 11 is 0. The van der Waals surface area contributed by atoms with Gasteiger partial charge in [-0.2, -0.15) is 0 Å². The van der Waals surface area contributed by atoms with E-state index < -0.39 is 12.2 Å². The fraction of sp³-hybridized carbons (Fsp3) is 0.455. The molecule has 0 unspecified atom stereocenters. The van der Waals surface area contributed by atoms with Gasteiger partial charge in [-0.25, -0.2) is 9.59 Å². The van der Waals surface area contributed by atoms with Gasteiger partial charge in [-0.15, -0.1) is 0 Å². The Labute approximate surface area is 176 Å². The van der Waals surface area contributed by atoms with Crippen LogP contribution in [0.2, 0.25) is 0 Å². The number of rotatable bonds is 12. The zero-order valence-electron chi connectivity index (χ0n) is 17.6. The van der Waals surface area contributed by atoms with E-state index in [1.165, 1.54) is 0 Å². The summed E-state index contributed by atoms with van der Waals surface area (Å²) in [5, 5.41) is 7.09. The van der Waals surface area contributed by atoms with Crippen LogP contribution in [0.15, 0.2) is 36.4 Å². The van der Waals surface area contributed by atoms with Crippen LogP contribution in [0.25, 0.3) is 10.8 Å². The van der Waals surface area contributed by atoms with Gasteiger partial charge in [-0.3, -0.25) is 10.6 Å². The lowest BCUT2D eigenvalue weighted by atomic mass is 10.1. The molecule has 2 amide bonds. The zero-order chi connectivity index (χ0) is 21.6. The molecule has 8 nitrogen and oxygen atoms in total. The van der Waals surface area contributed by atoms with Gasteiger partial charge in [0.15, 0.2) is 0 Å². The molecule has 164 valence electrons. The van der Waals surface area contributed by atoms with Crippen molar-refractivity contribution in [3.8, 4) is 0 Å². The molecular weight excluding hydrogens is 388 g/mol. The van der Waals surface area contributed by atoms with Crippen LogP contribution in [0, 0.1) is 0 Å². The summed E-state index contributed by atoms with van der Waals surface area (Å²) in [6, 6.07) is 10.9. The predicted octanol–water partition coefficient (Wildman–Crippen LogP) is 4.79. The second kappa shape index (κ2) is 13.4. The van der Waals surface area contributed by atoms with E-state index in [-0.39, 0.29) is 0 Å². The van der Waals surface area contributed by atoms with Crippen LogP contribution in [0.5, 0.6) is 0 Å². The summed E-state index contributed by atoms with van der Waals surface area (Å²) in [4.78, 5) is 24.2. The van der Waals surface area contributed by atoms with E-state index >= 15 is 0 Å². The standard InChI is InChI=1S/C22H30N2O6/c1-27-13-3-5-15-29-21(25)23-19-11-7-10-18-17(19)9-8-12-20(18)24-22(26)30-16-6-4-14-28-2/h7-12H,3-6,13-16H2,1-2H3,(H,23,25)(H,24,26). The van der Waals surface area contributed by atoms with Gasteiger partial charge in [0.1, 0.15) is 0 Å². The summed E-state index contributed by atoms with van der Waals surface area (Å²) < 4.78 is 20.3. The molecule has 0 saturated heterocycles. The fourth-order valence-electron chi connectivity index (χ4n) is 2.85. The van der Waals surface area contributed by atoms with Crippen LogP contribution in [-0.4, -0.2) is 52.8 Å². The van der Waals surface area contributed by atoms with Crippen LogP contribution in [0.3, 0.4) is 0 Å². The van der Waals surface area contributed by atoms with E-state index in [9.17, 15) is 9.59 Å². The number of ether oxygens (including phenoxy) is 4. The van der Waals surface area contributed by atoms with Crippen molar-refractivity contribution in [2.24, 2.45) is 0 Å². The first-order valence-corrected chi connectivity index (χ1v) is 10.0. The molecule has 2 aromatic carbocycles. The molecule has 0 spiro atoms. The number of benzene rings is 2. The number of hydrogen-bond acceptors (Lipinski definition) is 6. The van der Waals surface area contributed by atoms with E-state index in [1.54, 1.807) is 38.5 Å². The van der Waals surface area contributed by atoms with Gasteiger partial charge in [0.2, 0.25) is 0 Å². The molecule has 0 aliphatic heterocycles. The number of nitrogens with one attached hydrogen (secondary N) is 2. The number of anilines is 2. The Hall–Kier alpha value is -2.84. The van der Waals surface area contributed by atoms with Crippen LogP contribution in [-0.2, 0) is 18.9 Å². The Morgan fingerprint density at radius 2 is 1.07 bits per heavy atom. The van der Waals surface area contributed by atoms with E-state index in [1.807, 2.05) is 12.1 Å². The van der Waals surface area contributed by atoms with Crippen LogP contribution in [0.4, 0.5) is 21.0 Å². The van der Waals surface area contributed by atoms with Crippen molar-refractivity contribution in [3.05, 3.63) is 36.4 Å². The van der Waals surface area contributed by atoms with Crippen molar-refractivity contribution in [2.45, 2.75) is 25.7 Å². The normalized spacial score (nSPS) is 10.6. The first-order valence-electron chi connectivity index (χ1n) is 10.0. The number of amides is 2. The molecular formula is C22H30N2O6. The van der Waals surface area contributed by atoms with Gasteiger partial charge in [0.05, 0.1) is 24.6 Å². The average molecular weight is 418 g/mol. The Kier molecular flexibility index (Phi) is 10.5. The van der Waals surface area contributed by atoms with Crippen LogP contribution < -0.4 is 10.6 Å². The smallest absolute Gasteiger partial charge is 0.411 e. The highest BCUT2D eigenvalue weighted by Gasteiger charge is 2.11. The molecule has 30 heavy (non-hydrogen) atoms. The van der Waals surface area contributed by atoms with Crippen molar-refractivity contribution in [1.29, 1.82) is 0 Å². The molecule has 2 aromatic rings. The highest BCUT2D eigenvalue weighted by molar-refractivity contribution is 6.07. The molecule has 0 bridgehead atoms. The number of hydrogen-bond donors (Lipinski definition) is 2. The summed E-state index contributed by atoms with van der Waals surface area (Å²) in [6.07, 6.45) is 2.09. The fourth-order valence-corrected chi connectivity index (χ4v) is 2.85. The van der Waals surface area contributed by atoms with E-state index in [2.05, 4.69) is 10.6 Å². The van der Waals surface area contributed by atoms with Gasteiger partial charge >= 0.3 is 12.2 Å². The van der Waals surface area contributed by atoms with Crippen molar-refractivity contribution in [1.82, 2.24) is 0 Å². The maximum Gasteiger partial charge on any atom is 0.411 e. The Morgan fingerprint density at radius 3 is 1.47 bits per heavy atom. The third kappa shape index (κ3) is 7.88. The molecule has 0 aliphatic carbocycles. The monoisotopic (exact) mass is 418 g/mol. The highest BCUT2D eigenvalue weighted by atomic mass is 16.6. The van der Waals surface area contributed by atoms with Crippen molar-refractivity contribution >= 4 is 34.3 Å². The van der Waals surface area contributed by atoms with E-state index in [4.69, 9.17) is 18.9 Å². The Bertz CT molecular complexity index is 744. The van der Waals surface area contributed by atoms with Gasteiger partial charge in [-0.05, 0) is 37.8 Å². The first-order chi connectivity index (χ1) is 14.7. The lowest BCUT2D eigenvalue weighted by Crippen LogP contribution is -2.16. The largest absolute Gasteiger partial charge is 0.449 e. The molecule has 0 saturated carbocycles. The Balaban J connectivity index is 1.95. The van der Waals surface area contributed by atoms with Crippen molar-refractivity contribution in [2.75, 3.05) is 51.3 Å². The minimum atomic E-state index is -0.520. The highest BCUT2D eigenvalue weighted by Crippen LogP contribution is 2.29. The number of carbonyl (C=O) groups excluding carboxylic acids is 2. The summed E-state index contributed by atoms with van der Waals surface area (Å²) in [7, 11) is 3.28. The lowest BCUT2D eigenvalue weighted by Gasteiger charge is -2.13. The summed E-state index contributed by atoms with van der Waals surface area (Å²) in [6.45, 7) is 1.92. The number of fused-ring (bicyclic) bond motifs is 1. The third-order valence-electron chi connectivity index (χ3n) is 4.35. The second-order valence-electron chi connectivity index (χ2n) is 6.63. The molecule has 2 rings (SSSR count).